The van der Waals surface area contributed by atoms with Gasteiger partial charge >= 0.3 is 0 Å². The van der Waals surface area contributed by atoms with Crippen LogP contribution in [0.4, 0.5) is 5.13 Å². The Bertz CT molecular complexity index is 799. The SMILES string of the molecule is CCN(CC)S(=O)(=O)c1ccc(C(=O)Nc2nnc(SC)s2)cc1. The summed E-state index contributed by atoms with van der Waals surface area (Å²) >= 11 is 2.73. The first kappa shape index (κ1) is 18.8. The van der Waals surface area contributed by atoms with Gasteiger partial charge in [-0.25, -0.2) is 8.42 Å². The molecule has 0 fully saturated rings. The minimum Gasteiger partial charge on any atom is -0.296 e. The van der Waals surface area contributed by atoms with Crippen LogP contribution in [0, 0.1) is 0 Å². The number of hydrogen-bond acceptors (Lipinski definition) is 7. The molecule has 1 amide bonds. The zero-order chi connectivity index (χ0) is 17.7. The molecular weight excluding hydrogens is 368 g/mol. The molecule has 0 unspecified atom stereocenters. The van der Waals surface area contributed by atoms with E-state index in [0.717, 1.165) is 4.34 Å². The molecule has 24 heavy (non-hydrogen) atoms. The van der Waals surface area contributed by atoms with Crippen LogP contribution in [0.1, 0.15) is 24.2 Å². The van der Waals surface area contributed by atoms with Gasteiger partial charge in [-0.2, -0.15) is 4.31 Å². The number of carbonyl (C=O) groups is 1. The van der Waals surface area contributed by atoms with Gasteiger partial charge in [0.1, 0.15) is 0 Å². The van der Waals surface area contributed by atoms with Gasteiger partial charge < -0.3 is 0 Å². The number of benzene rings is 1. The van der Waals surface area contributed by atoms with Crippen LogP contribution in [0.3, 0.4) is 0 Å². The molecule has 0 bridgehead atoms. The number of rotatable bonds is 7. The smallest absolute Gasteiger partial charge is 0.257 e. The molecule has 2 rings (SSSR count). The van der Waals surface area contributed by atoms with Crippen molar-refractivity contribution in [2.45, 2.75) is 23.1 Å². The molecule has 130 valence electrons. The van der Waals surface area contributed by atoms with E-state index in [9.17, 15) is 13.2 Å². The third-order valence-electron chi connectivity index (χ3n) is 3.26. The number of nitrogens with zero attached hydrogens (tertiary/aromatic N) is 3. The first-order valence-corrected chi connectivity index (χ1v) is 10.7. The molecule has 2 aromatic rings. The number of nitrogens with one attached hydrogen (secondary N) is 1. The highest BCUT2D eigenvalue weighted by Crippen LogP contribution is 2.23. The van der Waals surface area contributed by atoms with Crippen molar-refractivity contribution in [2.24, 2.45) is 0 Å². The summed E-state index contributed by atoms with van der Waals surface area (Å²) in [5, 5.41) is 10.8. The summed E-state index contributed by atoms with van der Waals surface area (Å²) in [6.07, 6.45) is 1.88. The fourth-order valence-electron chi connectivity index (χ4n) is 2.00. The number of sulfonamides is 1. The fraction of sp³-hybridized carbons (Fsp3) is 0.357. The third-order valence-corrected chi connectivity index (χ3v) is 7.14. The molecule has 1 heterocycles. The van der Waals surface area contributed by atoms with Gasteiger partial charge in [0.15, 0.2) is 4.34 Å². The van der Waals surface area contributed by atoms with Crippen molar-refractivity contribution in [1.82, 2.24) is 14.5 Å². The lowest BCUT2D eigenvalue weighted by molar-refractivity contribution is 0.102. The van der Waals surface area contributed by atoms with Crippen molar-refractivity contribution >= 4 is 44.2 Å². The molecular formula is C14H18N4O3S3. The predicted octanol–water partition coefficient (Wildman–Crippen LogP) is 2.54. The molecule has 0 spiro atoms. The summed E-state index contributed by atoms with van der Waals surface area (Å²) in [5.41, 5.74) is 0.356. The summed E-state index contributed by atoms with van der Waals surface area (Å²) in [4.78, 5) is 12.3. The second-order valence-electron chi connectivity index (χ2n) is 4.65. The molecule has 0 radical (unpaired) electrons. The van der Waals surface area contributed by atoms with Gasteiger partial charge in [-0.3, -0.25) is 10.1 Å². The van der Waals surface area contributed by atoms with Crippen molar-refractivity contribution in [3.63, 3.8) is 0 Å². The summed E-state index contributed by atoms with van der Waals surface area (Å²) in [6.45, 7) is 4.37. The predicted molar refractivity (Wildman–Crippen MR) is 96.2 cm³/mol. The first-order valence-electron chi connectivity index (χ1n) is 7.21. The number of anilines is 1. The number of hydrogen-bond donors (Lipinski definition) is 1. The minimum atomic E-state index is -3.52. The fourth-order valence-corrected chi connectivity index (χ4v) is 4.63. The highest BCUT2D eigenvalue weighted by atomic mass is 32.2. The van der Waals surface area contributed by atoms with Crippen LogP contribution >= 0.6 is 23.1 Å². The van der Waals surface area contributed by atoms with Crippen LogP contribution in [-0.4, -0.2) is 48.2 Å². The van der Waals surface area contributed by atoms with E-state index in [-0.39, 0.29) is 10.8 Å². The number of amides is 1. The van der Waals surface area contributed by atoms with E-state index in [1.54, 1.807) is 13.8 Å². The molecule has 0 saturated heterocycles. The normalized spacial score (nSPS) is 11.7. The van der Waals surface area contributed by atoms with Crippen molar-refractivity contribution in [1.29, 1.82) is 0 Å². The van der Waals surface area contributed by atoms with Crippen LogP contribution in [0.5, 0.6) is 0 Å². The summed E-state index contributed by atoms with van der Waals surface area (Å²) in [5.74, 6) is -0.356. The van der Waals surface area contributed by atoms with Gasteiger partial charge in [-0.15, -0.1) is 10.2 Å². The zero-order valence-corrected chi connectivity index (χ0v) is 16.0. The van der Waals surface area contributed by atoms with Crippen LogP contribution in [-0.2, 0) is 10.0 Å². The monoisotopic (exact) mass is 386 g/mol. The topological polar surface area (TPSA) is 92.3 Å². The quantitative estimate of drug-likeness (QED) is 0.581. The summed E-state index contributed by atoms with van der Waals surface area (Å²) in [7, 11) is -3.52. The van der Waals surface area contributed by atoms with Gasteiger partial charge in [-0.05, 0) is 30.5 Å². The van der Waals surface area contributed by atoms with Crippen molar-refractivity contribution in [2.75, 3.05) is 24.7 Å². The van der Waals surface area contributed by atoms with Crippen LogP contribution in [0.15, 0.2) is 33.5 Å². The van der Waals surface area contributed by atoms with Crippen LogP contribution in [0.25, 0.3) is 0 Å². The highest BCUT2D eigenvalue weighted by molar-refractivity contribution is 8.00. The van der Waals surface area contributed by atoms with E-state index < -0.39 is 10.0 Å². The molecule has 1 aromatic heterocycles. The zero-order valence-electron chi connectivity index (χ0n) is 13.5. The second kappa shape index (κ2) is 8.06. The Kier molecular flexibility index (Phi) is 6.33. The van der Waals surface area contributed by atoms with Crippen molar-refractivity contribution < 1.29 is 13.2 Å². The lowest BCUT2D eigenvalue weighted by Gasteiger charge is -2.18. The Labute approximate surface area is 149 Å². The lowest BCUT2D eigenvalue weighted by Crippen LogP contribution is -2.30. The Morgan fingerprint density at radius 3 is 2.33 bits per heavy atom. The van der Waals surface area contributed by atoms with E-state index in [2.05, 4.69) is 15.5 Å². The first-order chi connectivity index (χ1) is 11.4. The maximum Gasteiger partial charge on any atom is 0.257 e. The summed E-state index contributed by atoms with van der Waals surface area (Å²) < 4.78 is 26.9. The van der Waals surface area contributed by atoms with E-state index in [1.165, 1.54) is 51.7 Å². The van der Waals surface area contributed by atoms with Crippen LogP contribution in [0.2, 0.25) is 0 Å². The summed E-state index contributed by atoms with van der Waals surface area (Å²) in [6, 6.07) is 5.86. The minimum absolute atomic E-state index is 0.170. The van der Waals surface area contributed by atoms with Gasteiger partial charge in [0.05, 0.1) is 4.90 Å². The average molecular weight is 387 g/mol. The molecule has 10 heteroatoms. The van der Waals surface area contributed by atoms with Crippen LogP contribution < -0.4 is 5.32 Å². The maximum absolute atomic E-state index is 12.4. The average Bonchev–Trinajstić information content (AvgIpc) is 3.03. The Morgan fingerprint density at radius 1 is 1.21 bits per heavy atom. The highest BCUT2D eigenvalue weighted by Gasteiger charge is 2.21. The largest absolute Gasteiger partial charge is 0.296 e. The number of aromatic nitrogens is 2. The molecule has 1 N–H and O–H groups in total. The molecule has 0 aliphatic heterocycles. The van der Waals surface area contributed by atoms with E-state index in [4.69, 9.17) is 0 Å². The van der Waals surface area contributed by atoms with Gasteiger partial charge in [0.2, 0.25) is 15.2 Å². The molecule has 0 atom stereocenters. The molecule has 7 nitrogen and oxygen atoms in total. The van der Waals surface area contributed by atoms with Crippen molar-refractivity contribution in [3.05, 3.63) is 29.8 Å². The third kappa shape index (κ3) is 4.12. The van der Waals surface area contributed by atoms with E-state index in [1.807, 2.05) is 6.26 Å². The van der Waals surface area contributed by atoms with E-state index in [0.29, 0.717) is 23.8 Å². The number of carbonyl (C=O) groups excluding carboxylic acids is 1. The Morgan fingerprint density at radius 2 is 1.83 bits per heavy atom. The van der Waals surface area contributed by atoms with E-state index >= 15 is 0 Å². The van der Waals surface area contributed by atoms with Gasteiger partial charge in [-0.1, -0.05) is 36.9 Å². The standard InChI is InChI=1S/C14H18N4O3S3/c1-4-18(5-2)24(20,21)11-8-6-10(7-9-11)12(19)15-13-16-17-14(22-3)23-13/h6-9H,4-5H2,1-3H3,(H,15,16,19). The van der Waals surface area contributed by atoms with Gasteiger partial charge in [0, 0.05) is 18.7 Å². The lowest BCUT2D eigenvalue weighted by atomic mass is 10.2. The van der Waals surface area contributed by atoms with Crippen molar-refractivity contribution in [3.8, 4) is 0 Å². The van der Waals surface area contributed by atoms with Gasteiger partial charge in [0.25, 0.3) is 5.91 Å². The second-order valence-corrected chi connectivity index (χ2v) is 8.61. The molecule has 0 saturated carbocycles. The Balaban J connectivity index is 2.15. The molecule has 0 aliphatic carbocycles. The Hall–Kier alpha value is -1.49. The maximum atomic E-state index is 12.4. The molecule has 1 aromatic carbocycles. The molecule has 0 aliphatic rings. The number of thioether (sulfide) groups is 1.